The quantitative estimate of drug-likeness (QED) is 0.303. The van der Waals surface area contributed by atoms with Gasteiger partial charge in [0, 0.05) is 49.6 Å². The van der Waals surface area contributed by atoms with Crippen LogP contribution in [0.5, 0.6) is 0 Å². The van der Waals surface area contributed by atoms with Crippen LogP contribution in [-0.4, -0.2) is 63.2 Å². The Morgan fingerprint density at radius 3 is 2.38 bits per heavy atom. The minimum absolute atomic E-state index is 0.121. The number of rotatable bonds is 8. The second-order valence-corrected chi connectivity index (χ2v) is 10.4. The van der Waals surface area contributed by atoms with Gasteiger partial charge in [0.05, 0.1) is 0 Å². The van der Waals surface area contributed by atoms with Crippen molar-refractivity contribution in [3.63, 3.8) is 0 Å². The highest BCUT2D eigenvalue weighted by atomic mass is 32.2. The molecule has 1 aromatic heterocycles. The molecule has 0 bridgehead atoms. The fraction of sp³-hybridized carbons (Fsp3) is 0.300. The lowest BCUT2D eigenvalue weighted by atomic mass is 10.1. The number of amides is 1. The summed E-state index contributed by atoms with van der Waals surface area (Å²) in [5, 5.41) is 10.0. The van der Waals surface area contributed by atoms with Crippen LogP contribution in [0.1, 0.15) is 39.8 Å². The Balaban J connectivity index is 1.34. The number of hydrogen-bond acceptors (Lipinski definition) is 5. The highest BCUT2D eigenvalue weighted by molar-refractivity contribution is 7.98. The lowest BCUT2D eigenvalue weighted by Gasteiger charge is -2.34. The summed E-state index contributed by atoms with van der Waals surface area (Å²) in [6.07, 6.45) is 0.706. The molecule has 6 nitrogen and oxygen atoms in total. The molecule has 1 fully saturated rings. The van der Waals surface area contributed by atoms with Gasteiger partial charge in [-0.25, -0.2) is 0 Å². The first-order chi connectivity index (χ1) is 18.1. The summed E-state index contributed by atoms with van der Waals surface area (Å²) in [4.78, 5) is 17.5. The third kappa shape index (κ3) is 6.12. The number of nitrogens with zero attached hydrogens (tertiary/aromatic N) is 5. The lowest BCUT2D eigenvalue weighted by molar-refractivity contribution is 0.0643. The summed E-state index contributed by atoms with van der Waals surface area (Å²) in [5.74, 6) is 1.74. The predicted molar refractivity (Wildman–Crippen MR) is 149 cm³/mol. The number of thioether (sulfide) groups is 1. The van der Waals surface area contributed by atoms with E-state index >= 15 is 0 Å². The van der Waals surface area contributed by atoms with E-state index in [-0.39, 0.29) is 5.91 Å². The number of likely N-dealkylation sites (N-methyl/N-ethyl adjacent to an activating group) is 1. The highest BCUT2D eigenvalue weighted by Crippen LogP contribution is 2.27. The van der Waals surface area contributed by atoms with Gasteiger partial charge in [0.1, 0.15) is 5.82 Å². The topological polar surface area (TPSA) is 54.3 Å². The average Bonchev–Trinajstić information content (AvgIpc) is 3.34. The van der Waals surface area contributed by atoms with Crippen LogP contribution in [0.3, 0.4) is 0 Å². The second kappa shape index (κ2) is 11.8. The van der Waals surface area contributed by atoms with E-state index in [0.717, 1.165) is 60.5 Å². The van der Waals surface area contributed by atoms with Crippen LogP contribution in [0, 0.1) is 6.92 Å². The SMILES string of the molecule is CCN1CCN(C(=O)c2cccc(CSc3nnc(Cc4ccccc4)n3-c3cccc(C)c3)c2)CC1. The van der Waals surface area contributed by atoms with Gasteiger partial charge in [-0.15, -0.1) is 10.2 Å². The molecule has 0 atom stereocenters. The first-order valence-electron chi connectivity index (χ1n) is 12.9. The predicted octanol–water partition coefficient (Wildman–Crippen LogP) is 5.24. The van der Waals surface area contributed by atoms with Gasteiger partial charge in [0.2, 0.25) is 0 Å². The molecule has 4 aromatic rings. The van der Waals surface area contributed by atoms with E-state index in [1.807, 2.05) is 29.2 Å². The van der Waals surface area contributed by atoms with Crippen LogP contribution >= 0.6 is 11.8 Å². The van der Waals surface area contributed by atoms with E-state index in [1.165, 1.54) is 11.1 Å². The number of hydrogen-bond donors (Lipinski definition) is 0. The Morgan fingerprint density at radius 1 is 0.865 bits per heavy atom. The van der Waals surface area contributed by atoms with Gasteiger partial charge in [0.25, 0.3) is 5.91 Å². The minimum Gasteiger partial charge on any atom is -0.336 e. The molecular formula is C30H33N5OS. The molecule has 0 aliphatic carbocycles. The third-order valence-electron chi connectivity index (χ3n) is 6.81. The normalized spacial score (nSPS) is 14.2. The van der Waals surface area contributed by atoms with Crippen molar-refractivity contribution >= 4 is 17.7 Å². The number of aromatic nitrogens is 3. The van der Waals surface area contributed by atoms with Crippen LogP contribution in [0.2, 0.25) is 0 Å². The summed E-state index contributed by atoms with van der Waals surface area (Å²) in [7, 11) is 0. The molecule has 5 rings (SSSR count). The van der Waals surface area contributed by atoms with Crippen LogP contribution in [0.4, 0.5) is 0 Å². The molecule has 1 saturated heterocycles. The highest BCUT2D eigenvalue weighted by Gasteiger charge is 2.22. The van der Waals surface area contributed by atoms with Crippen molar-refractivity contribution in [2.75, 3.05) is 32.7 Å². The molecule has 37 heavy (non-hydrogen) atoms. The zero-order valence-electron chi connectivity index (χ0n) is 21.5. The van der Waals surface area contributed by atoms with Crippen molar-refractivity contribution in [1.82, 2.24) is 24.6 Å². The van der Waals surface area contributed by atoms with Crippen molar-refractivity contribution < 1.29 is 4.79 Å². The number of benzene rings is 3. The summed E-state index contributed by atoms with van der Waals surface area (Å²) in [5.41, 5.74) is 5.32. The van der Waals surface area contributed by atoms with E-state index in [0.29, 0.717) is 12.2 Å². The molecular weight excluding hydrogens is 478 g/mol. The van der Waals surface area contributed by atoms with Gasteiger partial charge in [-0.1, -0.05) is 73.3 Å². The maximum atomic E-state index is 13.1. The minimum atomic E-state index is 0.121. The Bertz CT molecular complexity index is 1350. The van der Waals surface area contributed by atoms with Gasteiger partial charge in [-0.05, 0) is 54.4 Å². The van der Waals surface area contributed by atoms with E-state index in [4.69, 9.17) is 0 Å². The molecule has 1 amide bonds. The van der Waals surface area contributed by atoms with Gasteiger partial charge in [0.15, 0.2) is 5.16 Å². The van der Waals surface area contributed by atoms with E-state index < -0.39 is 0 Å². The summed E-state index contributed by atoms with van der Waals surface area (Å²) in [6.45, 7) is 8.76. The summed E-state index contributed by atoms with van der Waals surface area (Å²) >= 11 is 1.65. The van der Waals surface area contributed by atoms with Gasteiger partial charge in [-0.2, -0.15) is 0 Å². The molecule has 190 valence electrons. The molecule has 0 saturated carbocycles. The second-order valence-electron chi connectivity index (χ2n) is 9.45. The van der Waals surface area contributed by atoms with Crippen LogP contribution in [0.25, 0.3) is 5.69 Å². The molecule has 0 radical (unpaired) electrons. The van der Waals surface area contributed by atoms with Gasteiger partial charge in [-0.3, -0.25) is 9.36 Å². The van der Waals surface area contributed by atoms with Gasteiger partial charge >= 0.3 is 0 Å². The monoisotopic (exact) mass is 511 g/mol. The number of carbonyl (C=O) groups is 1. The first kappa shape index (κ1) is 25.2. The summed E-state index contributed by atoms with van der Waals surface area (Å²) in [6, 6.07) is 26.8. The van der Waals surface area contributed by atoms with E-state index in [9.17, 15) is 4.79 Å². The maximum absolute atomic E-state index is 13.1. The van der Waals surface area contributed by atoms with E-state index in [1.54, 1.807) is 11.8 Å². The maximum Gasteiger partial charge on any atom is 0.253 e. The Hall–Kier alpha value is -3.42. The summed E-state index contributed by atoms with van der Waals surface area (Å²) < 4.78 is 2.16. The number of carbonyl (C=O) groups excluding carboxylic acids is 1. The standard InChI is InChI=1S/C30H33N5OS/c1-3-33-15-17-34(18-16-33)29(36)26-13-8-12-25(20-26)22-37-30-32-31-28(21-24-10-5-4-6-11-24)35(30)27-14-7-9-23(2)19-27/h4-14,19-20H,3,15-18,21-22H2,1-2H3. The zero-order valence-corrected chi connectivity index (χ0v) is 22.3. The molecule has 1 aliphatic heterocycles. The Kier molecular flexibility index (Phi) is 8.02. The molecule has 1 aliphatic rings. The van der Waals surface area contributed by atoms with Crippen molar-refractivity contribution in [3.05, 3.63) is 107 Å². The van der Waals surface area contributed by atoms with Gasteiger partial charge < -0.3 is 9.80 Å². The zero-order chi connectivity index (χ0) is 25.6. The first-order valence-corrected chi connectivity index (χ1v) is 13.9. The average molecular weight is 512 g/mol. The van der Waals surface area contributed by atoms with Crippen LogP contribution < -0.4 is 0 Å². The van der Waals surface area contributed by atoms with Crippen LogP contribution in [-0.2, 0) is 12.2 Å². The van der Waals surface area contributed by atoms with Crippen molar-refractivity contribution in [3.8, 4) is 5.69 Å². The molecule has 3 aromatic carbocycles. The Morgan fingerprint density at radius 2 is 1.62 bits per heavy atom. The fourth-order valence-electron chi connectivity index (χ4n) is 4.70. The molecule has 7 heteroatoms. The third-order valence-corrected chi connectivity index (χ3v) is 7.81. The molecule has 0 spiro atoms. The smallest absolute Gasteiger partial charge is 0.253 e. The van der Waals surface area contributed by atoms with Crippen LogP contribution in [0.15, 0.2) is 84.0 Å². The molecule has 2 heterocycles. The van der Waals surface area contributed by atoms with Crippen molar-refractivity contribution in [1.29, 1.82) is 0 Å². The molecule has 0 N–H and O–H groups in total. The van der Waals surface area contributed by atoms with Crippen molar-refractivity contribution in [2.24, 2.45) is 0 Å². The fourth-order valence-corrected chi connectivity index (χ4v) is 5.62. The number of aryl methyl sites for hydroxylation is 1. The largest absolute Gasteiger partial charge is 0.336 e. The van der Waals surface area contributed by atoms with Crippen molar-refractivity contribution in [2.45, 2.75) is 31.2 Å². The lowest BCUT2D eigenvalue weighted by Crippen LogP contribution is -2.48. The Labute approximate surface area is 223 Å². The molecule has 0 unspecified atom stereocenters. The van der Waals surface area contributed by atoms with E-state index in [2.05, 4.69) is 88.1 Å². The number of piperazine rings is 1.